The van der Waals surface area contributed by atoms with Crippen molar-refractivity contribution in [3.8, 4) is 17.2 Å². The minimum Gasteiger partial charge on any atom is -0.497 e. The summed E-state index contributed by atoms with van der Waals surface area (Å²) >= 11 is 0. The molecule has 0 saturated heterocycles. The molecule has 1 N–H and O–H groups in total. The number of fused-ring (bicyclic) bond motifs is 1. The molecule has 10 nitrogen and oxygen atoms in total. The number of benzene rings is 4. The summed E-state index contributed by atoms with van der Waals surface area (Å²) in [5.74, 6) is 0.565. The van der Waals surface area contributed by atoms with Gasteiger partial charge in [-0.1, -0.05) is 67.6 Å². The minimum absolute atomic E-state index is 0.0172. The summed E-state index contributed by atoms with van der Waals surface area (Å²) in [6.45, 7) is 2.52. The number of ether oxygens (including phenoxy) is 3. The maximum Gasteiger partial charge on any atom is 0.264 e. The fraction of sp³-hybridized carbons (Fsp3) is 0.278. The van der Waals surface area contributed by atoms with E-state index in [1.807, 2.05) is 49.4 Å². The number of anilines is 1. The van der Waals surface area contributed by atoms with Gasteiger partial charge in [0.05, 0.1) is 17.7 Å². The molecular weight excluding hydrogens is 618 g/mol. The molecule has 4 aromatic rings. The zero-order chi connectivity index (χ0) is 33.2. The van der Waals surface area contributed by atoms with Crippen molar-refractivity contribution in [1.82, 2.24) is 10.2 Å². The summed E-state index contributed by atoms with van der Waals surface area (Å²) in [7, 11) is -2.69. The number of sulfonamides is 1. The standard InChI is InChI=1S/C36H39N3O7S/c1-3-19-37-36(41)32(23-27-11-6-4-7-12-27)38(25-28-13-10-14-30(22-28)44-2)35(40)26-39(47(42,43)31-15-8-5-9-16-31)29-17-18-33-34(24-29)46-21-20-45-33/h4-18,22,24,32H,3,19-21,23,25-26H2,1-2H3,(H,37,41). The molecule has 47 heavy (non-hydrogen) atoms. The number of rotatable bonds is 14. The molecule has 0 radical (unpaired) electrons. The molecular formula is C36H39N3O7S. The molecule has 0 aromatic heterocycles. The van der Waals surface area contributed by atoms with Crippen LogP contribution >= 0.6 is 0 Å². The molecule has 0 bridgehead atoms. The van der Waals surface area contributed by atoms with Crippen LogP contribution in [0.2, 0.25) is 0 Å². The summed E-state index contributed by atoms with van der Waals surface area (Å²) in [5.41, 5.74) is 1.80. The van der Waals surface area contributed by atoms with Crippen LogP contribution in [0.5, 0.6) is 17.2 Å². The summed E-state index contributed by atoms with van der Waals surface area (Å²) in [6, 6.07) is 28.4. The number of hydrogen-bond acceptors (Lipinski definition) is 7. The van der Waals surface area contributed by atoms with Crippen molar-refractivity contribution in [2.45, 2.75) is 37.2 Å². The Hall–Kier alpha value is -5.03. The molecule has 2 amide bonds. The maximum atomic E-state index is 14.6. The van der Waals surface area contributed by atoms with Gasteiger partial charge >= 0.3 is 0 Å². The lowest BCUT2D eigenvalue weighted by atomic mass is 10.0. The predicted octanol–water partition coefficient (Wildman–Crippen LogP) is 4.83. The van der Waals surface area contributed by atoms with Crippen LogP contribution in [0.3, 0.4) is 0 Å². The van der Waals surface area contributed by atoms with Crippen LogP contribution < -0.4 is 23.8 Å². The van der Waals surface area contributed by atoms with Gasteiger partial charge in [0, 0.05) is 25.6 Å². The number of carbonyl (C=O) groups excluding carboxylic acids is 2. The van der Waals surface area contributed by atoms with Gasteiger partial charge in [0.2, 0.25) is 11.8 Å². The highest BCUT2D eigenvalue weighted by Crippen LogP contribution is 2.36. The lowest BCUT2D eigenvalue weighted by Gasteiger charge is -2.34. The van der Waals surface area contributed by atoms with E-state index in [0.717, 1.165) is 15.4 Å². The van der Waals surface area contributed by atoms with Crippen LogP contribution in [0.15, 0.2) is 108 Å². The van der Waals surface area contributed by atoms with Crippen molar-refractivity contribution in [1.29, 1.82) is 0 Å². The van der Waals surface area contributed by atoms with Gasteiger partial charge in [-0.2, -0.15) is 0 Å². The fourth-order valence-electron chi connectivity index (χ4n) is 5.32. The van der Waals surface area contributed by atoms with Gasteiger partial charge in [-0.3, -0.25) is 13.9 Å². The molecule has 0 fully saturated rings. The van der Waals surface area contributed by atoms with Gasteiger partial charge in [-0.15, -0.1) is 0 Å². The summed E-state index contributed by atoms with van der Waals surface area (Å²) in [5, 5.41) is 2.95. The number of hydrogen-bond donors (Lipinski definition) is 1. The summed E-state index contributed by atoms with van der Waals surface area (Å²) < 4.78 is 46.3. The number of carbonyl (C=O) groups is 2. The van der Waals surface area contributed by atoms with E-state index in [0.29, 0.717) is 43.4 Å². The van der Waals surface area contributed by atoms with Crippen LogP contribution in [0, 0.1) is 0 Å². The first-order chi connectivity index (χ1) is 22.8. The highest BCUT2D eigenvalue weighted by Gasteiger charge is 2.35. The molecule has 5 rings (SSSR count). The smallest absolute Gasteiger partial charge is 0.264 e. The topological polar surface area (TPSA) is 114 Å². The zero-order valence-corrected chi connectivity index (χ0v) is 27.3. The summed E-state index contributed by atoms with van der Waals surface area (Å²) in [4.78, 5) is 29.9. The highest BCUT2D eigenvalue weighted by atomic mass is 32.2. The van der Waals surface area contributed by atoms with Gasteiger partial charge in [-0.05, 0) is 53.9 Å². The SMILES string of the molecule is CCCNC(=O)C(Cc1ccccc1)N(Cc1cccc(OC)c1)C(=O)CN(c1ccc2c(c1)OCCO2)S(=O)(=O)c1ccccc1. The molecule has 1 aliphatic rings. The molecule has 0 saturated carbocycles. The van der Waals surface area contributed by atoms with Gasteiger partial charge < -0.3 is 24.4 Å². The Bertz CT molecular complexity index is 1770. The third-order valence-electron chi connectivity index (χ3n) is 7.73. The first kappa shape index (κ1) is 33.3. The second-order valence-corrected chi connectivity index (χ2v) is 12.9. The molecule has 0 spiro atoms. The molecule has 4 aromatic carbocycles. The normalized spacial score (nSPS) is 12.9. The van der Waals surface area contributed by atoms with E-state index in [1.165, 1.54) is 17.0 Å². The second kappa shape index (κ2) is 15.5. The fourth-order valence-corrected chi connectivity index (χ4v) is 6.75. The van der Waals surface area contributed by atoms with E-state index in [1.54, 1.807) is 55.6 Å². The Kier molecular flexibility index (Phi) is 11.0. The van der Waals surface area contributed by atoms with Crippen LogP contribution in [-0.4, -0.2) is 64.6 Å². The Morgan fingerprint density at radius 3 is 2.23 bits per heavy atom. The molecule has 1 aliphatic heterocycles. The van der Waals surface area contributed by atoms with E-state index in [9.17, 15) is 18.0 Å². The second-order valence-electron chi connectivity index (χ2n) is 11.0. The van der Waals surface area contributed by atoms with Gasteiger partial charge in [-0.25, -0.2) is 8.42 Å². The van der Waals surface area contributed by atoms with E-state index in [-0.39, 0.29) is 29.5 Å². The van der Waals surface area contributed by atoms with Gasteiger partial charge in [0.25, 0.3) is 10.0 Å². The number of nitrogens with one attached hydrogen (secondary N) is 1. The monoisotopic (exact) mass is 657 g/mol. The lowest BCUT2D eigenvalue weighted by Crippen LogP contribution is -2.53. The van der Waals surface area contributed by atoms with Crippen LogP contribution in [-0.2, 0) is 32.6 Å². The molecule has 1 atom stereocenters. The summed E-state index contributed by atoms with van der Waals surface area (Å²) in [6.07, 6.45) is 0.933. The van der Waals surface area contributed by atoms with E-state index in [2.05, 4.69) is 5.32 Å². The molecule has 1 unspecified atom stereocenters. The molecule has 11 heteroatoms. The van der Waals surface area contributed by atoms with Crippen molar-refractivity contribution in [2.24, 2.45) is 0 Å². The third-order valence-corrected chi connectivity index (χ3v) is 9.52. The Labute approximate surface area is 275 Å². The molecule has 0 aliphatic carbocycles. The van der Waals surface area contributed by atoms with Crippen molar-refractivity contribution in [2.75, 3.05) is 37.7 Å². The molecule has 1 heterocycles. The van der Waals surface area contributed by atoms with Crippen LogP contribution in [0.4, 0.5) is 5.69 Å². The minimum atomic E-state index is -4.24. The molecule has 246 valence electrons. The zero-order valence-electron chi connectivity index (χ0n) is 26.5. The van der Waals surface area contributed by atoms with Gasteiger partial charge in [0.1, 0.15) is 31.5 Å². The Morgan fingerprint density at radius 1 is 0.851 bits per heavy atom. The van der Waals surface area contributed by atoms with Crippen LogP contribution in [0.25, 0.3) is 0 Å². The Morgan fingerprint density at radius 2 is 1.53 bits per heavy atom. The first-order valence-corrected chi connectivity index (χ1v) is 17.0. The Balaban J connectivity index is 1.58. The van der Waals surface area contributed by atoms with E-state index >= 15 is 0 Å². The van der Waals surface area contributed by atoms with Gasteiger partial charge in [0.15, 0.2) is 11.5 Å². The maximum absolute atomic E-state index is 14.6. The van der Waals surface area contributed by atoms with E-state index < -0.39 is 28.5 Å². The van der Waals surface area contributed by atoms with Crippen molar-refractivity contribution in [3.63, 3.8) is 0 Å². The van der Waals surface area contributed by atoms with Crippen LogP contribution in [0.1, 0.15) is 24.5 Å². The largest absolute Gasteiger partial charge is 0.497 e. The van der Waals surface area contributed by atoms with Crippen molar-refractivity contribution in [3.05, 3.63) is 114 Å². The third kappa shape index (κ3) is 8.23. The van der Waals surface area contributed by atoms with E-state index in [4.69, 9.17) is 14.2 Å². The number of methoxy groups -OCH3 is 1. The predicted molar refractivity (Wildman–Crippen MR) is 179 cm³/mol. The number of amides is 2. The van der Waals surface area contributed by atoms with Crippen molar-refractivity contribution < 1.29 is 32.2 Å². The average Bonchev–Trinajstić information content (AvgIpc) is 3.11. The highest BCUT2D eigenvalue weighted by molar-refractivity contribution is 7.92. The van der Waals surface area contributed by atoms with Crippen molar-refractivity contribution >= 4 is 27.5 Å². The first-order valence-electron chi connectivity index (χ1n) is 15.5. The lowest BCUT2D eigenvalue weighted by molar-refractivity contribution is -0.140. The quantitative estimate of drug-likeness (QED) is 0.207. The number of nitrogens with zero attached hydrogens (tertiary/aromatic N) is 2. The average molecular weight is 658 g/mol.